The van der Waals surface area contributed by atoms with Gasteiger partial charge in [-0.15, -0.1) is 11.8 Å². The van der Waals surface area contributed by atoms with E-state index in [0.717, 1.165) is 4.90 Å². The van der Waals surface area contributed by atoms with Crippen LogP contribution >= 0.6 is 23.4 Å². The fourth-order valence-electron chi connectivity index (χ4n) is 2.48. The second-order valence-corrected chi connectivity index (χ2v) is 8.20. The predicted octanol–water partition coefficient (Wildman–Crippen LogP) is 3.70. The molecular weight excluding hydrogens is 384 g/mol. The van der Waals surface area contributed by atoms with Crippen molar-refractivity contribution >= 4 is 29.3 Å². The first kappa shape index (κ1) is 19.3. The molecule has 0 saturated carbocycles. The molecule has 3 rings (SSSR count). The van der Waals surface area contributed by atoms with Crippen LogP contribution in [0.2, 0.25) is 5.02 Å². The number of hydrogen-bond donors (Lipinski definition) is 1. The number of nitrogens with zero attached hydrogens (tertiary/aromatic N) is 5. The Kier molecular flexibility index (Phi) is 6.08. The summed E-state index contributed by atoms with van der Waals surface area (Å²) in [6.07, 6.45) is 4.65. The maximum Gasteiger partial charge on any atom is 0.252 e. The number of hydrogen-bond acceptors (Lipinski definition) is 6. The monoisotopic (exact) mass is 402 g/mol. The first-order valence-corrected chi connectivity index (χ1v) is 9.65. The van der Waals surface area contributed by atoms with Crippen LogP contribution < -0.4 is 5.32 Å². The molecule has 0 aliphatic carbocycles. The summed E-state index contributed by atoms with van der Waals surface area (Å²) in [6.45, 7) is 6.01. The summed E-state index contributed by atoms with van der Waals surface area (Å²) in [5.74, 6) is 0.692. The molecule has 0 radical (unpaired) electrons. The molecule has 1 unspecified atom stereocenters. The zero-order valence-electron chi connectivity index (χ0n) is 15.1. The Morgan fingerprint density at radius 2 is 1.89 bits per heavy atom. The molecule has 9 heteroatoms. The van der Waals surface area contributed by atoms with Gasteiger partial charge in [-0.1, -0.05) is 25.4 Å². The molecule has 1 aromatic carbocycles. The van der Waals surface area contributed by atoms with Crippen LogP contribution in [-0.2, 0) is 0 Å². The quantitative estimate of drug-likeness (QED) is 0.632. The molecule has 3 aromatic rings. The molecule has 0 saturated heterocycles. The van der Waals surface area contributed by atoms with Gasteiger partial charge in [0.25, 0.3) is 11.9 Å². The molecular formula is C18H19ClN6OS. The highest BCUT2D eigenvalue weighted by atomic mass is 35.5. The van der Waals surface area contributed by atoms with Crippen LogP contribution in [0.1, 0.15) is 43.0 Å². The number of rotatable bonds is 6. The van der Waals surface area contributed by atoms with Gasteiger partial charge in [0.1, 0.15) is 6.33 Å². The Labute approximate surface area is 166 Å². The fourth-order valence-corrected chi connectivity index (χ4v) is 3.71. The van der Waals surface area contributed by atoms with Crippen LogP contribution in [0.15, 0.2) is 47.9 Å². The SMILES string of the molecule is CC(C)Sc1cc(Cl)cc(C(=O)NC(C)c2ncnn2-c2ncccn2)c1. The molecule has 2 aromatic heterocycles. The second-order valence-electron chi connectivity index (χ2n) is 6.12. The average molecular weight is 403 g/mol. The zero-order chi connectivity index (χ0) is 19.4. The Morgan fingerprint density at radius 1 is 1.15 bits per heavy atom. The third kappa shape index (κ3) is 4.84. The average Bonchev–Trinajstić information content (AvgIpc) is 3.11. The number of nitrogens with one attached hydrogen (secondary N) is 1. The van der Waals surface area contributed by atoms with Gasteiger partial charge in [0.15, 0.2) is 5.82 Å². The van der Waals surface area contributed by atoms with Crippen molar-refractivity contribution in [2.75, 3.05) is 0 Å². The molecule has 1 atom stereocenters. The first-order valence-electron chi connectivity index (χ1n) is 8.39. The van der Waals surface area contributed by atoms with Gasteiger partial charge in [-0.05, 0) is 31.2 Å². The van der Waals surface area contributed by atoms with Crippen molar-refractivity contribution in [3.05, 3.63) is 59.4 Å². The Morgan fingerprint density at radius 3 is 2.59 bits per heavy atom. The zero-order valence-corrected chi connectivity index (χ0v) is 16.7. The van der Waals surface area contributed by atoms with Crippen molar-refractivity contribution in [3.8, 4) is 5.95 Å². The highest BCUT2D eigenvalue weighted by Gasteiger charge is 2.19. The maximum atomic E-state index is 12.7. The number of amides is 1. The van der Waals surface area contributed by atoms with Gasteiger partial charge in [-0.25, -0.2) is 15.0 Å². The summed E-state index contributed by atoms with van der Waals surface area (Å²) in [4.78, 5) is 26.3. The standard InChI is InChI=1S/C18H19ClN6OS/c1-11(2)27-15-8-13(7-14(19)9-15)17(26)24-12(3)16-22-10-23-25(16)18-20-5-4-6-21-18/h4-12H,1-3H3,(H,24,26). The highest BCUT2D eigenvalue weighted by Crippen LogP contribution is 2.27. The largest absolute Gasteiger partial charge is 0.342 e. The summed E-state index contributed by atoms with van der Waals surface area (Å²) in [6, 6.07) is 6.67. The topological polar surface area (TPSA) is 85.6 Å². The maximum absolute atomic E-state index is 12.7. The lowest BCUT2D eigenvalue weighted by Gasteiger charge is -2.15. The number of carbonyl (C=O) groups is 1. The lowest BCUT2D eigenvalue weighted by molar-refractivity contribution is 0.0937. The van der Waals surface area contributed by atoms with Crippen molar-refractivity contribution in [2.45, 2.75) is 37.0 Å². The fraction of sp³-hybridized carbons (Fsp3) is 0.278. The Hall–Kier alpha value is -2.45. The molecule has 1 amide bonds. The molecule has 0 bridgehead atoms. The van der Waals surface area contributed by atoms with Gasteiger partial charge in [-0.3, -0.25) is 4.79 Å². The summed E-state index contributed by atoms with van der Waals surface area (Å²) in [5.41, 5.74) is 0.500. The van der Waals surface area contributed by atoms with Crippen LogP contribution in [-0.4, -0.2) is 35.9 Å². The Bertz CT molecular complexity index is 931. The van der Waals surface area contributed by atoms with E-state index in [9.17, 15) is 4.79 Å². The first-order chi connectivity index (χ1) is 12.9. The minimum atomic E-state index is -0.399. The normalized spacial score (nSPS) is 12.2. The van der Waals surface area contributed by atoms with E-state index in [-0.39, 0.29) is 5.91 Å². The van der Waals surface area contributed by atoms with E-state index < -0.39 is 6.04 Å². The Balaban J connectivity index is 1.79. The number of benzene rings is 1. The lowest BCUT2D eigenvalue weighted by Crippen LogP contribution is -2.29. The van der Waals surface area contributed by atoms with Crippen LogP contribution in [0.4, 0.5) is 0 Å². The smallest absolute Gasteiger partial charge is 0.252 e. The predicted molar refractivity (Wildman–Crippen MR) is 105 cm³/mol. The van der Waals surface area contributed by atoms with Crippen molar-refractivity contribution < 1.29 is 4.79 Å². The van der Waals surface area contributed by atoms with E-state index in [1.54, 1.807) is 36.3 Å². The van der Waals surface area contributed by atoms with Gasteiger partial charge in [0.2, 0.25) is 0 Å². The van der Waals surface area contributed by atoms with Gasteiger partial charge in [0, 0.05) is 33.1 Å². The number of carbonyl (C=O) groups excluding carboxylic acids is 1. The van der Waals surface area contributed by atoms with Crippen LogP contribution in [0.5, 0.6) is 0 Å². The lowest BCUT2D eigenvalue weighted by atomic mass is 10.2. The second kappa shape index (κ2) is 8.49. The van der Waals surface area contributed by atoms with E-state index in [1.165, 1.54) is 11.0 Å². The van der Waals surface area contributed by atoms with E-state index in [1.807, 2.05) is 19.1 Å². The third-order valence-corrected chi connectivity index (χ3v) is 4.75. The summed E-state index contributed by atoms with van der Waals surface area (Å²) >= 11 is 7.84. The molecule has 0 aliphatic rings. The van der Waals surface area contributed by atoms with Gasteiger partial charge >= 0.3 is 0 Å². The molecule has 7 nitrogen and oxygen atoms in total. The minimum Gasteiger partial charge on any atom is -0.342 e. The number of halogens is 1. The molecule has 2 heterocycles. The summed E-state index contributed by atoms with van der Waals surface area (Å²) < 4.78 is 1.50. The molecule has 27 heavy (non-hydrogen) atoms. The third-order valence-electron chi connectivity index (χ3n) is 3.56. The van der Waals surface area contributed by atoms with Crippen molar-refractivity contribution in [3.63, 3.8) is 0 Å². The van der Waals surface area contributed by atoms with Crippen molar-refractivity contribution in [2.24, 2.45) is 0 Å². The summed E-state index contributed by atoms with van der Waals surface area (Å²) in [7, 11) is 0. The molecule has 1 N–H and O–H groups in total. The van der Waals surface area contributed by atoms with Gasteiger partial charge < -0.3 is 5.32 Å². The van der Waals surface area contributed by atoms with Crippen molar-refractivity contribution in [1.29, 1.82) is 0 Å². The van der Waals surface area contributed by atoms with E-state index in [2.05, 4.69) is 39.2 Å². The molecule has 0 spiro atoms. The molecule has 140 valence electrons. The van der Waals surface area contributed by atoms with Crippen LogP contribution in [0.25, 0.3) is 5.95 Å². The van der Waals surface area contributed by atoms with E-state index in [0.29, 0.717) is 27.6 Å². The van der Waals surface area contributed by atoms with E-state index >= 15 is 0 Å². The van der Waals surface area contributed by atoms with Crippen LogP contribution in [0.3, 0.4) is 0 Å². The highest BCUT2D eigenvalue weighted by molar-refractivity contribution is 7.99. The molecule has 0 fully saturated rings. The number of aromatic nitrogens is 5. The van der Waals surface area contributed by atoms with Crippen molar-refractivity contribution in [1.82, 2.24) is 30.0 Å². The van der Waals surface area contributed by atoms with Gasteiger partial charge in [0.05, 0.1) is 6.04 Å². The minimum absolute atomic E-state index is 0.237. The van der Waals surface area contributed by atoms with E-state index in [4.69, 9.17) is 11.6 Å². The van der Waals surface area contributed by atoms with Gasteiger partial charge in [-0.2, -0.15) is 9.78 Å². The molecule has 0 aliphatic heterocycles. The van der Waals surface area contributed by atoms with Crippen LogP contribution in [0, 0.1) is 0 Å². The summed E-state index contributed by atoms with van der Waals surface area (Å²) in [5, 5.41) is 8.00. The number of thioether (sulfide) groups is 1.